The molecule has 0 fully saturated rings. The zero-order valence-corrected chi connectivity index (χ0v) is 18.6. The predicted molar refractivity (Wildman–Crippen MR) is 122 cm³/mol. The lowest BCUT2D eigenvalue weighted by atomic mass is 10.0. The number of nitrogens with one attached hydrogen (secondary N) is 1. The number of aryl methyl sites for hydroxylation is 1. The Labute approximate surface area is 179 Å². The van der Waals surface area contributed by atoms with E-state index in [-0.39, 0.29) is 5.91 Å². The van der Waals surface area contributed by atoms with Gasteiger partial charge in [-0.25, -0.2) is 8.42 Å². The summed E-state index contributed by atoms with van der Waals surface area (Å²) in [5, 5.41) is 2.95. The van der Waals surface area contributed by atoms with Gasteiger partial charge in [-0.2, -0.15) is 0 Å². The fraction of sp³-hybridized carbons (Fsp3) is 0.435. The number of hydrogen-bond donors (Lipinski definition) is 1. The molecule has 1 amide bonds. The fourth-order valence-electron chi connectivity index (χ4n) is 4.08. The second-order valence-electron chi connectivity index (χ2n) is 7.68. The number of nitrogens with zero attached hydrogens (tertiary/aromatic N) is 2. The monoisotopic (exact) mass is 429 g/mol. The van der Waals surface area contributed by atoms with Crippen molar-refractivity contribution < 1.29 is 13.2 Å². The maximum Gasteiger partial charge on any atom is 0.243 e. The standard InChI is InChI=1S/C23H31N3O3S/c1-3-21(26(30(2,28)29)20-13-5-4-6-14-20)23(27)24-16-10-18-25-17-9-12-19-11-7-8-15-22(19)25/h4-8,11,13-15,21H,3,9-10,12,16-18H2,1-2H3,(H,24,27)/t21-/m0/s1. The van der Waals surface area contributed by atoms with Crippen LogP contribution in [0.15, 0.2) is 54.6 Å². The molecule has 2 aromatic carbocycles. The first-order valence-electron chi connectivity index (χ1n) is 10.6. The van der Waals surface area contributed by atoms with Crippen LogP contribution in [-0.4, -0.2) is 46.3 Å². The van der Waals surface area contributed by atoms with Gasteiger partial charge in [-0.05, 0) is 49.4 Å². The summed E-state index contributed by atoms with van der Waals surface area (Å²) >= 11 is 0. The number of anilines is 2. The smallest absolute Gasteiger partial charge is 0.243 e. The molecular formula is C23H31N3O3S. The molecule has 6 nitrogen and oxygen atoms in total. The van der Waals surface area contributed by atoms with Crippen molar-refractivity contribution in [1.29, 1.82) is 0 Å². The Hall–Kier alpha value is -2.54. The van der Waals surface area contributed by atoms with Crippen LogP contribution in [0.5, 0.6) is 0 Å². The van der Waals surface area contributed by atoms with Crippen molar-refractivity contribution in [2.24, 2.45) is 0 Å². The zero-order chi connectivity index (χ0) is 21.6. The van der Waals surface area contributed by atoms with Crippen molar-refractivity contribution in [3.8, 4) is 0 Å². The van der Waals surface area contributed by atoms with Crippen LogP contribution in [0, 0.1) is 0 Å². The molecule has 1 heterocycles. The third-order valence-corrected chi connectivity index (χ3v) is 6.63. The van der Waals surface area contributed by atoms with Gasteiger partial charge >= 0.3 is 0 Å². The molecule has 0 aliphatic carbocycles. The Bertz CT molecular complexity index is 947. The van der Waals surface area contributed by atoms with E-state index in [2.05, 4.69) is 34.5 Å². The van der Waals surface area contributed by atoms with E-state index in [1.807, 2.05) is 13.0 Å². The summed E-state index contributed by atoms with van der Waals surface area (Å²) in [6.07, 6.45) is 4.60. The van der Waals surface area contributed by atoms with E-state index in [0.717, 1.165) is 38.6 Å². The number of carbonyl (C=O) groups excluding carboxylic acids is 1. The summed E-state index contributed by atoms with van der Waals surface area (Å²) in [4.78, 5) is 15.2. The van der Waals surface area contributed by atoms with Crippen LogP contribution >= 0.6 is 0 Å². The van der Waals surface area contributed by atoms with E-state index in [9.17, 15) is 13.2 Å². The molecule has 30 heavy (non-hydrogen) atoms. The average molecular weight is 430 g/mol. The molecule has 1 atom stereocenters. The van der Waals surface area contributed by atoms with Crippen LogP contribution < -0.4 is 14.5 Å². The summed E-state index contributed by atoms with van der Waals surface area (Å²) in [5.41, 5.74) is 3.17. The van der Waals surface area contributed by atoms with Gasteiger partial charge in [-0.15, -0.1) is 0 Å². The van der Waals surface area contributed by atoms with Crippen molar-refractivity contribution in [3.05, 3.63) is 60.2 Å². The quantitative estimate of drug-likeness (QED) is 0.622. The topological polar surface area (TPSA) is 69.7 Å². The number of carbonyl (C=O) groups is 1. The minimum atomic E-state index is -3.59. The lowest BCUT2D eigenvalue weighted by Gasteiger charge is -2.32. The van der Waals surface area contributed by atoms with E-state index in [4.69, 9.17) is 0 Å². The van der Waals surface area contributed by atoms with Crippen LogP contribution in [0.4, 0.5) is 11.4 Å². The van der Waals surface area contributed by atoms with E-state index < -0.39 is 16.1 Å². The largest absolute Gasteiger partial charge is 0.371 e. The van der Waals surface area contributed by atoms with E-state index in [0.29, 0.717) is 18.7 Å². The number of benzene rings is 2. The molecule has 162 valence electrons. The summed E-state index contributed by atoms with van der Waals surface area (Å²) in [6.45, 7) is 4.23. The lowest BCUT2D eigenvalue weighted by molar-refractivity contribution is -0.122. The molecule has 3 rings (SSSR count). The number of amides is 1. The third-order valence-electron chi connectivity index (χ3n) is 5.45. The molecular weight excluding hydrogens is 398 g/mol. The van der Waals surface area contributed by atoms with Crippen molar-refractivity contribution in [1.82, 2.24) is 5.32 Å². The highest BCUT2D eigenvalue weighted by Crippen LogP contribution is 2.26. The number of hydrogen-bond acceptors (Lipinski definition) is 4. The first-order chi connectivity index (χ1) is 14.4. The Morgan fingerprint density at radius 1 is 1.13 bits per heavy atom. The van der Waals surface area contributed by atoms with Crippen molar-refractivity contribution in [2.45, 2.75) is 38.6 Å². The summed E-state index contributed by atoms with van der Waals surface area (Å²) in [5.74, 6) is -0.258. The Morgan fingerprint density at radius 2 is 1.83 bits per heavy atom. The maximum absolute atomic E-state index is 12.9. The molecule has 7 heteroatoms. The van der Waals surface area contributed by atoms with Gasteiger partial charge in [0, 0.05) is 25.3 Å². The van der Waals surface area contributed by atoms with Crippen LogP contribution in [-0.2, 0) is 21.2 Å². The molecule has 0 saturated heterocycles. The Morgan fingerprint density at radius 3 is 2.53 bits per heavy atom. The van der Waals surface area contributed by atoms with Gasteiger partial charge in [-0.3, -0.25) is 9.10 Å². The minimum absolute atomic E-state index is 0.258. The van der Waals surface area contributed by atoms with Gasteiger partial charge in [0.15, 0.2) is 0 Å². The normalized spacial score (nSPS) is 14.7. The lowest BCUT2D eigenvalue weighted by Crippen LogP contribution is -2.49. The van der Waals surface area contributed by atoms with Crippen LogP contribution in [0.25, 0.3) is 0 Å². The molecule has 0 bridgehead atoms. The minimum Gasteiger partial charge on any atom is -0.371 e. The molecule has 1 aliphatic heterocycles. The Balaban J connectivity index is 1.59. The van der Waals surface area contributed by atoms with Gasteiger partial charge in [0.25, 0.3) is 0 Å². The fourth-order valence-corrected chi connectivity index (χ4v) is 5.29. The van der Waals surface area contributed by atoms with E-state index in [1.165, 1.54) is 15.6 Å². The molecule has 1 N–H and O–H groups in total. The molecule has 0 spiro atoms. The third kappa shape index (κ3) is 5.33. The van der Waals surface area contributed by atoms with Gasteiger partial charge in [0.05, 0.1) is 11.9 Å². The molecule has 0 radical (unpaired) electrons. The highest BCUT2D eigenvalue weighted by atomic mass is 32.2. The molecule has 0 saturated carbocycles. The zero-order valence-electron chi connectivity index (χ0n) is 17.8. The number of fused-ring (bicyclic) bond motifs is 1. The number of sulfonamides is 1. The number of para-hydroxylation sites is 2. The van der Waals surface area contributed by atoms with Crippen LogP contribution in [0.3, 0.4) is 0 Å². The SMILES string of the molecule is CC[C@@H](C(=O)NCCCN1CCCc2ccccc21)N(c1ccccc1)S(C)(=O)=O. The van der Waals surface area contributed by atoms with Crippen molar-refractivity contribution in [2.75, 3.05) is 35.1 Å². The summed E-state index contributed by atoms with van der Waals surface area (Å²) < 4.78 is 26.1. The van der Waals surface area contributed by atoms with Gasteiger partial charge in [0.1, 0.15) is 6.04 Å². The average Bonchev–Trinajstić information content (AvgIpc) is 2.74. The predicted octanol–water partition coefficient (Wildman–Crippen LogP) is 3.19. The molecule has 0 unspecified atom stereocenters. The van der Waals surface area contributed by atoms with Crippen LogP contribution in [0.2, 0.25) is 0 Å². The maximum atomic E-state index is 12.9. The number of rotatable bonds is 9. The van der Waals surface area contributed by atoms with Crippen molar-refractivity contribution in [3.63, 3.8) is 0 Å². The van der Waals surface area contributed by atoms with E-state index in [1.54, 1.807) is 24.3 Å². The second-order valence-corrected chi connectivity index (χ2v) is 9.54. The van der Waals surface area contributed by atoms with Gasteiger partial charge in [-0.1, -0.05) is 43.3 Å². The second kappa shape index (κ2) is 9.98. The van der Waals surface area contributed by atoms with Crippen molar-refractivity contribution >= 4 is 27.3 Å². The highest BCUT2D eigenvalue weighted by Gasteiger charge is 2.31. The Kier molecular flexibility index (Phi) is 7.37. The molecule has 2 aromatic rings. The van der Waals surface area contributed by atoms with Gasteiger partial charge < -0.3 is 10.2 Å². The molecule has 0 aromatic heterocycles. The highest BCUT2D eigenvalue weighted by molar-refractivity contribution is 7.92. The first kappa shape index (κ1) is 22.2. The van der Waals surface area contributed by atoms with E-state index >= 15 is 0 Å². The van der Waals surface area contributed by atoms with Crippen LogP contribution in [0.1, 0.15) is 31.7 Å². The van der Waals surface area contributed by atoms with Gasteiger partial charge in [0.2, 0.25) is 15.9 Å². The first-order valence-corrected chi connectivity index (χ1v) is 12.4. The summed E-state index contributed by atoms with van der Waals surface area (Å²) in [6, 6.07) is 16.5. The summed E-state index contributed by atoms with van der Waals surface area (Å²) in [7, 11) is -3.59. The molecule has 1 aliphatic rings.